The van der Waals surface area contributed by atoms with E-state index in [2.05, 4.69) is 45.0 Å². The summed E-state index contributed by atoms with van der Waals surface area (Å²) in [5.41, 5.74) is 4.43. The number of nitrogens with one attached hydrogen (secondary N) is 1. The zero-order valence-corrected chi connectivity index (χ0v) is 20.5. The first-order chi connectivity index (χ1) is 16.1. The zero-order valence-electron chi connectivity index (χ0n) is 18.9. The Morgan fingerprint density at radius 3 is 2.27 bits per heavy atom. The lowest BCUT2D eigenvalue weighted by Gasteiger charge is -2.21. The predicted molar refractivity (Wildman–Crippen MR) is 137 cm³/mol. The van der Waals surface area contributed by atoms with E-state index >= 15 is 0 Å². The predicted octanol–water partition coefficient (Wildman–Crippen LogP) is 6.44. The maximum absolute atomic E-state index is 12.4. The molecule has 4 nitrogen and oxygen atoms in total. The molecule has 33 heavy (non-hydrogen) atoms. The highest BCUT2D eigenvalue weighted by molar-refractivity contribution is 7.08. The summed E-state index contributed by atoms with van der Waals surface area (Å²) in [5, 5.41) is 22.7. The number of carbonyl (C=O) groups is 1. The zero-order chi connectivity index (χ0) is 23.0. The summed E-state index contributed by atoms with van der Waals surface area (Å²) in [5.74, 6) is 0.437. The number of rotatable bonds is 9. The number of thiophene rings is 2. The third kappa shape index (κ3) is 6.42. The normalized spacial score (nSPS) is 16.2. The molecule has 4 rings (SSSR count). The van der Waals surface area contributed by atoms with Gasteiger partial charge in [-0.3, -0.25) is 4.79 Å². The van der Waals surface area contributed by atoms with E-state index < -0.39 is 6.10 Å². The SMILES string of the molecule is CC(NCC=C(c1ccsc1)c1ccsc1)C(O)c1ccc(OC(=O)C2CCCCC2)cc1. The first-order valence-electron chi connectivity index (χ1n) is 11.6. The highest BCUT2D eigenvalue weighted by atomic mass is 32.1. The first-order valence-corrected chi connectivity index (χ1v) is 13.5. The molecule has 174 valence electrons. The molecule has 0 aliphatic heterocycles. The molecule has 2 unspecified atom stereocenters. The van der Waals surface area contributed by atoms with E-state index in [-0.39, 0.29) is 17.9 Å². The van der Waals surface area contributed by atoms with Crippen LogP contribution < -0.4 is 10.1 Å². The lowest BCUT2D eigenvalue weighted by molar-refractivity contribution is -0.139. The summed E-state index contributed by atoms with van der Waals surface area (Å²) < 4.78 is 5.57. The molecule has 0 spiro atoms. The van der Waals surface area contributed by atoms with Crippen LogP contribution in [0.3, 0.4) is 0 Å². The Morgan fingerprint density at radius 2 is 1.70 bits per heavy atom. The van der Waals surface area contributed by atoms with Gasteiger partial charge in [0.05, 0.1) is 12.0 Å². The number of ether oxygens (including phenoxy) is 1. The van der Waals surface area contributed by atoms with Crippen LogP contribution in [0.4, 0.5) is 0 Å². The van der Waals surface area contributed by atoms with Crippen LogP contribution in [0.15, 0.2) is 64.0 Å². The second-order valence-corrected chi connectivity index (χ2v) is 10.2. The van der Waals surface area contributed by atoms with Crippen LogP contribution in [0.1, 0.15) is 61.8 Å². The van der Waals surface area contributed by atoms with Gasteiger partial charge in [0.25, 0.3) is 0 Å². The first kappa shape index (κ1) is 23.9. The number of aliphatic hydroxyl groups excluding tert-OH is 1. The van der Waals surface area contributed by atoms with Gasteiger partial charge < -0.3 is 15.2 Å². The lowest BCUT2D eigenvalue weighted by atomic mass is 9.89. The molecule has 1 saturated carbocycles. The Morgan fingerprint density at radius 1 is 1.06 bits per heavy atom. The monoisotopic (exact) mass is 481 g/mol. The number of esters is 1. The molecule has 2 N–H and O–H groups in total. The van der Waals surface area contributed by atoms with Gasteiger partial charge >= 0.3 is 5.97 Å². The van der Waals surface area contributed by atoms with Crippen LogP contribution in [0, 0.1) is 5.92 Å². The number of aliphatic hydroxyl groups is 1. The Bertz CT molecular complexity index is 984. The van der Waals surface area contributed by atoms with Crippen molar-refractivity contribution in [3.8, 4) is 5.75 Å². The molecule has 3 aromatic rings. The molecule has 1 aliphatic carbocycles. The molecular formula is C27H31NO3S2. The van der Waals surface area contributed by atoms with Gasteiger partial charge in [-0.05, 0) is 87.8 Å². The number of hydrogen-bond acceptors (Lipinski definition) is 6. The summed E-state index contributed by atoms with van der Waals surface area (Å²) >= 11 is 3.38. The molecule has 0 bridgehead atoms. The van der Waals surface area contributed by atoms with Crippen LogP contribution in [0.2, 0.25) is 0 Å². The third-order valence-electron chi connectivity index (χ3n) is 6.26. The van der Waals surface area contributed by atoms with Gasteiger partial charge in [-0.1, -0.05) is 37.5 Å². The third-order valence-corrected chi connectivity index (χ3v) is 7.63. The van der Waals surface area contributed by atoms with Gasteiger partial charge in [-0.2, -0.15) is 22.7 Å². The van der Waals surface area contributed by atoms with Crippen molar-refractivity contribution in [1.29, 1.82) is 0 Å². The Labute approximate surface area is 203 Å². The van der Waals surface area contributed by atoms with Crippen LogP contribution in [0.5, 0.6) is 5.75 Å². The maximum Gasteiger partial charge on any atom is 0.314 e. The van der Waals surface area contributed by atoms with Gasteiger partial charge in [0.1, 0.15) is 5.75 Å². The summed E-state index contributed by atoms with van der Waals surface area (Å²) in [7, 11) is 0. The molecular weight excluding hydrogens is 450 g/mol. The lowest BCUT2D eigenvalue weighted by Crippen LogP contribution is -2.32. The molecule has 2 atom stereocenters. The average molecular weight is 482 g/mol. The van der Waals surface area contributed by atoms with E-state index in [1.807, 2.05) is 19.1 Å². The summed E-state index contributed by atoms with van der Waals surface area (Å²) in [6.45, 7) is 2.63. The van der Waals surface area contributed by atoms with Gasteiger partial charge in [0.15, 0.2) is 0 Å². The van der Waals surface area contributed by atoms with Crippen LogP contribution in [-0.2, 0) is 4.79 Å². The van der Waals surface area contributed by atoms with Gasteiger partial charge in [-0.15, -0.1) is 0 Å². The maximum atomic E-state index is 12.4. The Hall–Kier alpha value is -2.25. The topological polar surface area (TPSA) is 58.6 Å². The summed E-state index contributed by atoms with van der Waals surface area (Å²) in [6, 6.07) is 11.4. The molecule has 0 saturated heterocycles. The van der Waals surface area contributed by atoms with E-state index in [9.17, 15) is 9.90 Å². The van der Waals surface area contributed by atoms with E-state index in [1.54, 1.807) is 34.8 Å². The van der Waals surface area contributed by atoms with Gasteiger partial charge in [0, 0.05) is 12.6 Å². The molecule has 1 fully saturated rings. The number of benzene rings is 1. The van der Waals surface area contributed by atoms with Crippen molar-refractivity contribution < 1.29 is 14.6 Å². The highest BCUT2D eigenvalue weighted by Crippen LogP contribution is 2.28. The summed E-state index contributed by atoms with van der Waals surface area (Å²) in [6.07, 6.45) is 6.79. The van der Waals surface area contributed by atoms with E-state index in [4.69, 9.17) is 4.74 Å². The fourth-order valence-electron chi connectivity index (χ4n) is 4.26. The summed E-state index contributed by atoms with van der Waals surface area (Å²) in [4.78, 5) is 12.4. The van der Waals surface area contributed by atoms with E-state index in [0.29, 0.717) is 12.3 Å². The van der Waals surface area contributed by atoms with Crippen LogP contribution in [0.25, 0.3) is 5.57 Å². The molecule has 0 radical (unpaired) electrons. The second kappa shape index (κ2) is 11.7. The highest BCUT2D eigenvalue weighted by Gasteiger charge is 2.23. The fraction of sp³-hybridized carbons (Fsp3) is 0.370. The largest absolute Gasteiger partial charge is 0.426 e. The van der Waals surface area contributed by atoms with Crippen molar-refractivity contribution in [2.75, 3.05) is 6.54 Å². The van der Waals surface area contributed by atoms with E-state index in [1.165, 1.54) is 23.1 Å². The fourth-order valence-corrected chi connectivity index (χ4v) is 5.57. The molecule has 0 amide bonds. The number of carbonyl (C=O) groups excluding carboxylic acids is 1. The molecule has 1 aliphatic rings. The number of hydrogen-bond donors (Lipinski definition) is 2. The smallest absolute Gasteiger partial charge is 0.314 e. The standard InChI is InChI=1S/C27H31NO3S2/c1-19(28-14-11-25(22-12-15-32-17-22)23-13-16-33-18-23)26(29)20-7-9-24(10-8-20)31-27(30)21-5-3-2-4-6-21/h7-13,15-19,21,26,28-29H,2-6,14H2,1H3. The van der Waals surface area contributed by atoms with E-state index in [0.717, 1.165) is 31.2 Å². The minimum absolute atomic E-state index is 0.0225. The van der Waals surface area contributed by atoms with Gasteiger partial charge in [0.2, 0.25) is 0 Å². The van der Waals surface area contributed by atoms with Crippen molar-refractivity contribution in [3.63, 3.8) is 0 Å². The average Bonchev–Trinajstić information content (AvgIpc) is 3.57. The second-order valence-electron chi connectivity index (χ2n) is 8.61. The van der Waals surface area contributed by atoms with Crippen molar-refractivity contribution >= 4 is 34.2 Å². The quantitative estimate of drug-likeness (QED) is 0.273. The molecule has 6 heteroatoms. The van der Waals surface area contributed by atoms with Crippen LogP contribution in [-0.4, -0.2) is 23.7 Å². The minimum atomic E-state index is -0.660. The molecule has 1 aromatic carbocycles. The Kier molecular flexibility index (Phi) is 8.51. The van der Waals surface area contributed by atoms with Crippen molar-refractivity contribution in [1.82, 2.24) is 5.32 Å². The Balaban J connectivity index is 1.32. The molecule has 2 aromatic heterocycles. The van der Waals surface area contributed by atoms with Gasteiger partial charge in [-0.25, -0.2) is 0 Å². The minimum Gasteiger partial charge on any atom is -0.426 e. The van der Waals surface area contributed by atoms with Crippen molar-refractivity contribution in [2.45, 2.75) is 51.2 Å². The molecule has 2 heterocycles. The van der Waals surface area contributed by atoms with Crippen molar-refractivity contribution in [3.05, 3.63) is 80.7 Å². The van der Waals surface area contributed by atoms with Crippen molar-refractivity contribution in [2.24, 2.45) is 5.92 Å². The van der Waals surface area contributed by atoms with Crippen LogP contribution >= 0.6 is 22.7 Å².